The zero-order valence-corrected chi connectivity index (χ0v) is 15.1. The van der Waals surface area contributed by atoms with Crippen LogP contribution < -0.4 is 0 Å². The number of hydrogen-bond acceptors (Lipinski definition) is 4. The van der Waals surface area contributed by atoms with Crippen LogP contribution in [0.4, 0.5) is 0 Å². The monoisotopic (exact) mass is 332 g/mol. The molecule has 0 radical (unpaired) electrons. The number of rotatable bonds is 8. The second-order valence-corrected chi connectivity index (χ2v) is 6.72. The molecule has 1 atom stereocenters. The molecule has 0 bridgehead atoms. The van der Waals surface area contributed by atoms with Crippen LogP contribution in [0.25, 0.3) is 0 Å². The molecule has 24 heavy (non-hydrogen) atoms. The maximum Gasteiger partial charge on any atom is 0.338 e. The first-order valence-corrected chi connectivity index (χ1v) is 8.36. The van der Waals surface area contributed by atoms with Crippen LogP contribution in [0.3, 0.4) is 0 Å². The van der Waals surface area contributed by atoms with Crippen LogP contribution in [0.2, 0.25) is 0 Å². The van der Waals surface area contributed by atoms with Gasteiger partial charge in [0.1, 0.15) is 5.60 Å². The summed E-state index contributed by atoms with van der Waals surface area (Å²) in [5, 5.41) is 0. The molecule has 0 unspecified atom stereocenters. The predicted octanol–water partition coefficient (Wildman–Crippen LogP) is 4.33. The molecule has 0 aliphatic rings. The van der Waals surface area contributed by atoms with Crippen molar-refractivity contribution in [2.75, 3.05) is 6.61 Å². The van der Waals surface area contributed by atoms with Crippen molar-refractivity contribution in [3.63, 3.8) is 0 Å². The van der Waals surface area contributed by atoms with Crippen LogP contribution >= 0.6 is 0 Å². The summed E-state index contributed by atoms with van der Waals surface area (Å²) in [6.45, 7) is 11.4. The van der Waals surface area contributed by atoms with Crippen molar-refractivity contribution in [1.82, 2.24) is 0 Å². The van der Waals surface area contributed by atoms with Crippen molar-refractivity contribution in [2.24, 2.45) is 5.92 Å². The Morgan fingerprint density at radius 2 is 1.83 bits per heavy atom. The molecule has 0 aromatic heterocycles. The van der Waals surface area contributed by atoms with Gasteiger partial charge in [0.15, 0.2) is 0 Å². The summed E-state index contributed by atoms with van der Waals surface area (Å²) >= 11 is 0. The molecule has 0 aliphatic heterocycles. The molecule has 1 aromatic carbocycles. The minimum absolute atomic E-state index is 0.196. The summed E-state index contributed by atoms with van der Waals surface area (Å²) < 4.78 is 10.5. The third kappa shape index (κ3) is 6.99. The fraction of sp³-hybridized carbons (Fsp3) is 0.500. The number of ether oxygens (including phenoxy) is 2. The molecule has 1 rings (SSSR count). The Bertz CT molecular complexity index is 552. The lowest BCUT2D eigenvalue weighted by Crippen LogP contribution is -2.29. The SMILES string of the molecule is C=CCC[C@H](Cc1ccc(C(=O)OCC)cc1)C(=O)OC(C)(C)C. The minimum Gasteiger partial charge on any atom is -0.462 e. The Morgan fingerprint density at radius 3 is 2.33 bits per heavy atom. The molecule has 0 saturated carbocycles. The van der Waals surface area contributed by atoms with Crippen molar-refractivity contribution in [1.29, 1.82) is 0 Å². The van der Waals surface area contributed by atoms with Crippen LogP contribution in [-0.2, 0) is 20.7 Å². The highest BCUT2D eigenvalue weighted by molar-refractivity contribution is 5.89. The summed E-state index contributed by atoms with van der Waals surface area (Å²) in [4.78, 5) is 24.1. The molecule has 0 amide bonds. The van der Waals surface area contributed by atoms with E-state index in [1.807, 2.05) is 32.9 Å². The molecule has 132 valence electrons. The highest BCUT2D eigenvalue weighted by Gasteiger charge is 2.25. The zero-order chi connectivity index (χ0) is 18.2. The van der Waals surface area contributed by atoms with E-state index in [1.165, 1.54) is 0 Å². The maximum atomic E-state index is 12.4. The molecule has 4 heteroatoms. The number of allylic oxidation sites excluding steroid dienone is 1. The number of carbonyl (C=O) groups is 2. The molecule has 0 N–H and O–H groups in total. The summed E-state index contributed by atoms with van der Waals surface area (Å²) in [6, 6.07) is 7.18. The van der Waals surface area contributed by atoms with E-state index in [4.69, 9.17) is 9.47 Å². The Balaban J connectivity index is 2.80. The lowest BCUT2D eigenvalue weighted by molar-refractivity contribution is -0.160. The lowest BCUT2D eigenvalue weighted by Gasteiger charge is -2.24. The summed E-state index contributed by atoms with van der Waals surface area (Å²) in [5.41, 5.74) is 1.00. The summed E-state index contributed by atoms with van der Waals surface area (Å²) in [6.07, 6.45) is 3.83. The van der Waals surface area contributed by atoms with Gasteiger partial charge in [-0.25, -0.2) is 4.79 Å². The second-order valence-electron chi connectivity index (χ2n) is 6.72. The Labute approximate surface area is 144 Å². The van der Waals surface area contributed by atoms with Gasteiger partial charge in [-0.3, -0.25) is 4.79 Å². The van der Waals surface area contributed by atoms with Gasteiger partial charge in [-0.2, -0.15) is 0 Å². The van der Waals surface area contributed by atoms with Crippen molar-refractivity contribution in [3.8, 4) is 0 Å². The zero-order valence-electron chi connectivity index (χ0n) is 15.1. The molecule has 0 fully saturated rings. The normalized spacial score (nSPS) is 12.3. The number of esters is 2. The fourth-order valence-electron chi connectivity index (χ4n) is 2.28. The summed E-state index contributed by atoms with van der Waals surface area (Å²) in [7, 11) is 0. The standard InChI is InChI=1S/C20H28O4/c1-6-8-9-17(19(22)24-20(3,4)5)14-15-10-12-16(13-11-15)18(21)23-7-2/h6,10-13,17H,1,7-9,14H2,2-5H3/t17-/m1/s1. The quantitative estimate of drug-likeness (QED) is 0.525. The lowest BCUT2D eigenvalue weighted by atomic mass is 9.94. The van der Waals surface area contributed by atoms with E-state index < -0.39 is 5.60 Å². The Hall–Kier alpha value is -2.10. The second kappa shape index (κ2) is 9.26. The molecule has 0 aliphatic carbocycles. The van der Waals surface area contributed by atoms with Gasteiger partial charge < -0.3 is 9.47 Å². The van der Waals surface area contributed by atoms with Gasteiger partial charge in [-0.15, -0.1) is 6.58 Å². The van der Waals surface area contributed by atoms with E-state index in [9.17, 15) is 9.59 Å². The van der Waals surface area contributed by atoms with E-state index in [1.54, 1.807) is 25.1 Å². The van der Waals surface area contributed by atoms with Crippen LogP contribution in [0.5, 0.6) is 0 Å². The third-order valence-corrected chi connectivity index (χ3v) is 3.41. The predicted molar refractivity (Wildman–Crippen MR) is 94.9 cm³/mol. The van der Waals surface area contributed by atoms with Gasteiger partial charge in [0.25, 0.3) is 0 Å². The van der Waals surface area contributed by atoms with Crippen molar-refractivity contribution < 1.29 is 19.1 Å². The van der Waals surface area contributed by atoms with Gasteiger partial charge in [0, 0.05) is 0 Å². The molecular formula is C20H28O4. The van der Waals surface area contributed by atoms with E-state index >= 15 is 0 Å². The molecular weight excluding hydrogens is 304 g/mol. The first kappa shape index (κ1) is 19.9. The van der Waals surface area contributed by atoms with Gasteiger partial charge >= 0.3 is 11.9 Å². The number of carbonyl (C=O) groups excluding carboxylic acids is 2. The Kier molecular flexibility index (Phi) is 7.69. The van der Waals surface area contributed by atoms with Gasteiger partial charge in [0.05, 0.1) is 18.1 Å². The molecule has 0 saturated heterocycles. The maximum absolute atomic E-state index is 12.4. The van der Waals surface area contributed by atoms with Gasteiger partial charge in [-0.05, 0) is 64.7 Å². The smallest absolute Gasteiger partial charge is 0.338 e. The fourth-order valence-corrected chi connectivity index (χ4v) is 2.28. The average molecular weight is 332 g/mol. The third-order valence-electron chi connectivity index (χ3n) is 3.41. The van der Waals surface area contributed by atoms with Crippen LogP contribution in [-0.4, -0.2) is 24.1 Å². The topological polar surface area (TPSA) is 52.6 Å². The molecule has 0 spiro atoms. The van der Waals surface area contributed by atoms with Gasteiger partial charge in [0.2, 0.25) is 0 Å². The van der Waals surface area contributed by atoms with Gasteiger partial charge in [-0.1, -0.05) is 18.2 Å². The molecule has 4 nitrogen and oxygen atoms in total. The average Bonchev–Trinajstić information content (AvgIpc) is 2.50. The number of hydrogen-bond donors (Lipinski definition) is 0. The van der Waals surface area contributed by atoms with Crippen LogP contribution in [0.15, 0.2) is 36.9 Å². The van der Waals surface area contributed by atoms with Crippen molar-refractivity contribution >= 4 is 11.9 Å². The van der Waals surface area contributed by atoms with Crippen LogP contribution in [0.1, 0.15) is 56.5 Å². The first-order valence-electron chi connectivity index (χ1n) is 8.36. The summed E-state index contributed by atoms with van der Waals surface area (Å²) in [5.74, 6) is -0.756. The van der Waals surface area contributed by atoms with Crippen molar-refractivity contribution in [2.45, 2.75) is 52.6 Å². The highest BCUT2D eigenvalue weighted by Crippen LogP contribution is 2.20. The van der Waals surface area contributed by atoms with Crippen LogP contribution in [0, 0.1) is 5.92 Å². The number of benzene rings is 1. The van der Waals surface area contributed by atoms with Crippen molar-refractivity contribution in [3.05, 3.63) is 48.0 Å². The first-order chi connectivity index (χ1) is 11.3. The molecule has 1 aromatic rings. The highest BCUT2D eigenvalue weighted by atomic mass is 16.6. The Morgan fingerprint density at radius 1 is 1.21 bits per heavy atom. The van der Waals surface area contributed by atoms with E-state index in [0.717, 1.165) is 12.0 Å². The van der Waals surface area contributed by atoms with E-state index in [0.29, 0.717) is 25.0 Å². The van der Waals surface area contributed by atoms with E-state index in [-0.39, 0.29) is 17.9 Å². The van der Waals surface area contributed by atoms with E-state index in [2.05, 4.69) is 6.58 Å². The minimum atomic E-state index is -0.503. The molecule has 0 heterocycles. The largest absolute Gasteiger partial charge is 0.462 e.